The molecule has 132 valence electrons. The number of nitrogens with zero attached hydrogens (tertiary/aromatic N) is 1. The van der Waals surface area contributed by atoms with Crippen LogP contribution in [0.1, 0.15) is 32.8 Å². The molecule has 1 aliphatic heterocycles. The van der Waals surface area contributed by atoms with Crippen LogP contribution in [-0.2, 0) is 30.4 Å². The molecule has 1 fully saturated rings. The molecule has 1 heterocycles. The van der Waals surface area contributed by atoms with Crippen LogP contribution in [-0.4, -0.2) is 42.4 Å². The molecule has 2 atom stereocenters. The molecule has 6 heteroatoms. The van der Waals surface area contributed by atoms with Crippen molar-refractivity contribution in [3.63, 3.8) is 0 Å². The van der Waals surface area contributed by atoms with Crippen LogP contribution in [0.4, 0.5) is 0 Å². The van der Waals surface area contributed by atoms with Crippen LogP contribution in [0.5, 0.6) is 0 Å². The first-order chi connectivity index (χ1) is 11.4. The lowest BCUT2D eigenvalue weighted by Crippen LogP contribution is -2.54. The van der Waals surface area contributed by atoms with Gasteiger partial charge in [0, 0.05) is 26.4 Å². The summed E-state index contributed by atoms with van der Waals surface area (Å²) in [6.07, 6.45) is -0.300. The van der Waals surface area contributed by atoms with Gasteiger partial charge in [0.05, 0.1) is 7.11 Å². The van der Waals surface area contributed by atoms with E-state index in [1.54, 1.807) is 5.06 Å². The predicted molar refractivity (Wildman–Crippen MR) is 87.7 cm³/mol. The highest BCUT2D eigenvalue weighted by molar-refractivity contribution is 5.81. The first-order valence-corrected chi connectivity index (χ1v) is 8.12. The van der Waals surface area contributed by atoms with Gasteiger partial charge >= 0.3 is 11.9 Å². The number of benzene rings is 1. The van der Waals surface area contributed by atoms with Crippen molar-refractivity contribution in [3.05, 3.63) is 35.9 Å². The van der Waals surface area contributed by atoms with Crippen molar-refractivity contribution >= 4 is 11.9 Å². The number of hydrogen-bond donors (Lipinski definition) is 0. The maximum Gasteiger partial charge on any atom is 0.344 e. The number of ether oxygens (including phenoxy) is 2. The standard InChI is InChI=1S/C18H25NO5/c1-13(2)16(23-14(3)20)18(17(21)22-4)10-11-19(24-18)12-15-8-6-5-7-9-15/h5-9,13,16H,10-12H2,1-4H3/t16-,18+/m1/s1. The van der Waals surface area contributed by atoms with Gasteiger partial charge in [-0.3, -0.25) is 9.63 Å². The Bertz CT molecular complexity index is 574. The fraction of sp³-hybridized carbons (Fsp3) is 0.556. The van der Waals surface area contributed by atoms with Gasteiger partial charge in [0.25, 0.3) is 0 Å². The van der Waals surface area contributed by atoms with Gasteiger partial charge in [-0.15, -0.1) is 0 Å². The van der Waals surface area contributed by atoms with E-state index >= 15 is 0 Å². The molecule has 1 saturated heterocycles. The van der Waals surface area contributed by atoms with Gasteiger partial charge in [-0.05, 0) is 11.5 Å². The van der Waals surface area contributed by atoms with E-state index < -0.39 is 23.6 Å². The fourth-order valence-corrected chi connectivity index (χ4v) is 3.08. The Hall–Kier alpha value is -1.92. The zero-order valence-electron chi connectivity index (χ0n) is 14.7. The molecule has 0 N–H and O–H groups in total. The van der Waals surface area contributed by atoms with Crippen LogP contribution < -0.4 is 0 Å². The van der Waals surface area contributed by atoms with E-state index in [9.17, 15) is 9.59 Å². The van der Waals surface area contributed by atoms with Crippen LogP contribution >= 0.6 is 0 Å². The molecule has 0 unspecified atom stereocenters. The summed E-state index contributed by atoms with van der Waals surface area (Å²) in [5, 5.41) is 1.73. The van der Waals surface area contributed by atoms with Crippen molar-refractivity contribution in [1.29, 1.82) is 0 Å². The third-order valence-electron chi connectivity index (χ3n) is 4.12. The molecule has 1 aromatic rings. The van der Waals surface area contributed by atoms with E-state index in [4.69, 9.17) is 14.3 Å². The third-order valence-corrected chi connectivity index (χ3v) is 4.12. The van der Waals surface area contributed by atoms with Crippen molar-refractivity contribution in [2.45, 2.75) is 45.4 Å². The Morgan fingerprint density at radius 3 is 2.50 bits per heavy atom. The molecule has 0 radical (unpaired) electrons. The number of esters is 2. The number of rotatable bonds is 6. The van der Waals surface area contributed by atoms with Crippen molar-refractivity contribution in [2.75, 3.05) is 13.7 Å². The Morgan fingerprint density at radius 1 is 1.29 bits per heavy atom. The van der Waals surface area contributed by atoms with Crippen LogP contribution in [0.3, 0.4) is 0 Å². The van der Waals surface area contributed by atoms with Gasteiger partial charge in [-0.1, -0.05) is 44.2 Å². The number of hydrogen-bond acceptors (Lipinski definition) is 6. The fourth-order valence-electron chi connectivity index (χ4n) is 3.08. The number of hydroxylamine groups is 2. The molecule has 6 nitrogen and oxygen atoms in total. The predicted octanol–water partition coefficient (Wildman–Crippen LogP) is 2.32. The second kappa shape index (κ2) is 7.77. The van der Waals surface area contributed by atoms with Crippen molar-refractivity contribution in [3.8, 4) is 0 Å². The van der Waals surface area contributed by atoms with Gasteiger partial charge in [-0.2, -0.15) is 5.06 Å². The monoisotopic (exact) mass is 335 g/mol. The molecule has 0 amide bonds. The Labute approximate surface area is 142 Å². The summed E-state index contributed by atoms with van der Waals surface area (Å²) in [4.78, 5) is 30.0. The molecule has 0 aliphatic carbocycles. The number of methoxy groups -OCH3 is 1. The van der Waals surface area contributed by atoms with Crippen molar-refractivity contribution < 1.29 is 23.9 Å². The summed E-state index contributed by atoms with van der Waals surface area (Å²) < 4.78 is 10.4. The largest absolute Gasteiger partial charge is 0.467 e. The highest BCUT2D eigenvalue weighted by Crippen LogP contribution is 2.36. The first kappa shape index (κ1) is 18.4. The lowest BCUT2D eigenvalue weighted by molar-refractivity contribution is -0.248. The SMILES string of the molecule is COC(=O)[C@@]1([C@H](OC(C)=O)C(C)C)CCN(Cc2ccccc2)O1. The maximum absolute atomic E-state index is 12.5. The van der Waals surface area contributed by atoms with Crippen LogP contribution in [0.2, 0.25) is 0 Å². The minimum Gasteiger partial charge on any atom is -0.467 e. The molecule has 2 rings (SSSR count). The highest BCUT2D eigenvalue weighted by Gasteiger charge is 2.56. The van der Waals surface area contributed by atoms with E-state index in [2.05, 4.69) is 0 Å². The molecule has 0 spiro atoms. The maximum atomic E-state index is 12.5. The summed E-state index contributed by atoms with van der Waals surface area (Å²) in [5.74, 6) is -1.05. The Kier molecular flexibility index (Phi) is 5.96. The Balaban J connectivity index is 2.23. The van der Waals surface area contributed by atoms with Gasteiger partial charge < -0.3 is 9.47 Å². The summed E-state index contributed by atoms with van der Waals surface area (Å²) >= 11 is 0. The van der Waals surface area contributed by atoms with E-state index in [1.165, 1.54) is 14.0 Å². The summed E-state index contributed by atoms with van der Waals surface area (Å²) in [6.45, 7) is 6.21. The minimum atomic E-state index is -1.30. The zero-order chi connectivity index (χ0) is 17.7. The minimum absolute atomic E-state index is 0.0929. The summed E-state index contributed by atoms with van der Waals surface area (Å²) in [7, 11) is 1.32. The van der Waals surface area contributed by atoms with Crippen LogP contribution in [0.25, 0.3) is 0 Å². The molecular formula is C18H25NO5. The molecule has 0 saturated carbocycles. The van der Waals surface area contributed by atoms with E-state index in [1.807, 2.05) is 44.2 Å². The van der Waals surface area contributed by atoms with Crippen molar-refractivity contribution in [1.82, 2.24) is 5.06 Å². The third kappa shape index (κ3) is 3.94. The molecule has 1 aromatic carbocycles. The Morgan fingerprint density at radius 2 is 1.96 bits per heavy atom. The first-order valence-electron chi connectivity index (χ1n) is 8.12. The number of carbonyl (C=O) groups is 2. The van der Waals surface area contributed by atoms with E-state index in [0.29, 0.717) is 19.5 Å². The second-order valence-electron chi connectivity index (χ2n) is 6.35. The summed E-state index contributed by atoms with van der Waals surface area (Å²) in [6, 6.07) is 9.84. The molecule has 24 heavy (non-hydrogen) atoms. The molecular weight excluding hydrogens is 310 g/mol. The highest BCUT2D eigenvalue weighted by atomic mass is 16.7. The van der Waals surface area contributed by atoms with Gasteiger partial charge in [0.1, 0.15) is 6.10 Å². The summed E-state index contributed by atoms with van der Waals surface area (Å²) in [5.41, 5.74) is -0.227. The molecule has 1 aliphatic rings. The quantitative estimate of drug-likeness (QED) is 0.744. The average molecular weight is 335 g/mol. The molecule has 0 aromatic heterocycles. The normalized spacial score (nSPS) is 22.4. The average Bonchev–Trinajstić information content (AvgIpc) is 2.97. The van der Waals surface area contributed by atoms with Gasteiger partial charge in [-0.25, -0.2) is 4.79 Å². The van der Waals surface area contributed by atoms with Gasteiger partial charge in [0.2, 0.25) is 5.60 Å². The topological polar surface area (TPSA) is 65.1 Å². The zero-order valence-corrected chi connectivity index (χ0v) is 14.7. The molecule has 0 bridgehead atoms. The lowest BCUT2D eigenvalue weighted by Gasteiger charge is -2.35. The van der Waals surface area contributed by atoms with Crippen LogP contribution in [0, 0.1) is 5.92 Å². The second-order valence-corrected chi connectivity index (χ2v) is 6.35. The van der Waals surface area contributed by atoms with Crippen molar-refractivity contribution in [2.24, 2.45) is 5.92 Å². The van der Waals surface area contributed by atoms with E-state index in [0.717, 1.165) is 5.56 Å². The van der Waals surface area contributed by atoms with Crippen LogP contribution in [0.15, 0.2) is 30.3 Å². The van der Waals surface area contributed by atoms with Gasteiger partial charge in [0.15, 0.2) is 0 Å². The van der Waals surface area contributed by atoms with E-state index in [-0.39, 0.29) is 5.92 Å². The number of carbonyl (C=O) groups excluding carboxylic acids is 2. The smallest absolute Gasteiger partial charge is 0.344 e. The lowest BCUT2D eigenvalue weighted by atomic mass is 9.86.